The number of thiocarbonyl (C=S) groups is 1. The van der Waals surface area contributed by atoms with Crippen molar-refractivity contribution >= 4 is 23.0 Å². The molecule has 2 rings (SSSR count). The van der Waals surface area contributed by atoms with Gasteiger partial charge in [-0.05, 0) is 42.3 Å². The Hall–Kier alpha value is -1.94. The average molecular weight is 316 g/mol. The lowest BCUT2D eigenvalue weighted by Gasteiger charge is -2.18. The third-order valence-electron chi connectivity index (χ3n) is 3.62. The fourth-order valence-electron chi connectivity index (χ4n) is 2.27. The topological polar surface area (TPSA) is 24.1 Å². The van der Waals surface area contributed by atoms with Gasteiger partial charge >= 0.3 is 0 Å². The molecule has 0 radical (unpaired) electrons. The molecule has 22 heavy (non-hydrogen) atoms. The number of nitrogens with one attached hydrogen (secondary N) is 2. The highest BCUT2D eigenvalue weighted by Crippen LogP contribution is 2.13. The molecule has 0 heterocycles. The lowest BCUT2D eigenvalue weighted by molar-refractivity contribution is 0.498. The Kier molecular flexibility index (Phi) is 6.34. The van der Waals surface area contributed by atoms with Crippen LogP contribution in [0.2, 0.25) is 0 Å². The van der Waals surface area contributed by atoms with Gasteiger partial charge in [-0.3, -0.25) is 0 Å². The zero-order valence-corrected chi connectivity index (χ0v) is 13.5. The van der Waals surface area contributed by atoms with Gasteiger partial charge in [0.2, 0.25) is 0 Å². The van der Waals surface area contributed by atoms with Crippen molar-refractivity contribution in [2.75, 3.05) is 11.9 Å². The molecule has 2 aromatic carbocycles. The van der Waals surface area contributed by atoms with Crippen molar-refractivity contribution < 1.29 is 4.39 Å². The van der Waals surface area contributed by atoms with Crippen LogP contribution < -0.4 is 10.6 Å². The highest BCUT2D eigenvalue weighted by atomic mass is 32.1. The predicted octanol–water partition coefficient (Wildman–Crippen LogP) is 4.38. The molecule has 1 atom stereocenters. The van der Waals surface area contributed by atoms with Crippen LogP contribution >= 0.6 is 12.2 Å². The minimum absolute atomic E-state index is 0.303. The average Bonchev–Trinajstić information content (AvgIpc) is 2.54. The van der Waals surface area contributed by atoms with Crippen LogP contribution in [0.15, 0.2) is 54.6 Å². The molecule has 0 fully saturated rings. The Balaban J connectivity index is 1.83. The van der Waals surface area contributed by atoms with Crippen molar-refractivity contribution in [2.24, 2.45) is 5.92 Å². The monoisotopic (exact) mass is 316 g/mol. The zero-order chi connectivity index (χ0) is 15.8. The molecule has 2 nitrogen and oxygen atoms in total. The standard InChI is InChI=1S/C18H21FN2S/c1-2-14(12-15-8-4-3-5-9-15)13-20-18(22)21-17-11-7-6-10-16(17)19/h3-11,14H,2,12-13H2,1H3,(H2,20,21,22)/t14-/m0/s1. The summed E-state index contributed by atoms with van der Waals surface area (Å²) >= 11 is 5.24. The van der Waals surface area contributed by atoms with Gasteiger partial charge in [0.15, 0.2) is 5.11 Å². The summed E-state index contributed by atoms with van der Waals surface area (Å²) in [6.07, 6.45) is 2.07. The Bertz CT molecular complexity index is 601. The van der Waals surface area contributed by atoms with Crippen molar-refractivity contribution in [1.82, 2.24) is 5.32 Å². The van der Waals surface area contributed by atoms with Gasteiger partial charge in [-0.2, -0.15) is 0 Å². The number of halogens is 1. The van der Waals surface area contributed by atoms with E-state index in [-0.39, 0.29) is 5.82 Å². The van der Waals surface area contributed by atoms with Gasteiger partial charge in [0.05, 0.1) is 5.69 Å². The zero-order valence-electron chi connectivity index (χ0n) is 12.7. The van der Waals surface area contributed by atoms with Gasteiger partial charge in [0.1, 0.15) is 5.82 Å². The lowest BCUT2D eigenvalue weighted by Crippen LogP contribution is -2.33. The van der Waals surface area contributed by atoms with Crippen molar-refractivity contribution in [1.29, 1.82) is 0 Å². The maximum absolute atomic E-state index is 13.6. The van der Waals surface area contributed by atoms with Gasteiger partial charge in [-0.25, -0.2) is 4.39 Å². The summed E-state index contributed by atoms with van der Waals surface area (Å²) in [5, 5.41) is 6.54. The van der Waals surface area contributed by atoms with Crippen molar-refractivity contribution in [3.8, 4) is 0 Å². The molecule has 0 aliphatic heterocycles. The number of para-hydroxylation sites is 1. The van der Waals surface area contributed by atoms with E-state index in [1.807, 2.05) is 6.07 Å². The summed E-state index contributed by atoms with van der Waals surface area (Å²) in [7, 11) is 0. The van der Waals surface area contributed by atoms with Gasteiger partial charge in [-0.1, -0.05) is 55.8 Å². The molecule has 0 spiro atoms. The highest BCUT2D eigenvalue weighted by molar-refractivity contribution is 7.80. The van der Waals surface area contributed by atoms with Crippen molar-refractivity contribution in [3.63, 3.8) is 0 Å². The molecule has 4 heteroatoms. The molecule has 0 bridgehead atoms. The number of hydrogen-bond donors (Lipinski definition) is 2. The second-order valence-electron chi connectivity index (χ2n) is 5.28. The van der Waals surface area contributed by atoms with Gasteiger partial charge < -0.3 is 10.6 Å². The molecule has 116 valence electrons. The number of hydrogen-bond acceptors (Lipinski definition) is 1. The van der Waals surface area contributed by atoms with E-state index in [1.165, 1.54) is 11.6 Å². The first-order valence-electron chi connectivity index (χ1n) is 7.52. The lowest BCUT2D eigenvalue weighted by atomic mass is 9.97. The Labute approximate surface area is 136 Å². The van der Waals surface area contributed by atoms with E-state index in [4.69, 9.17) is 12.2 Å². The molecule has 0 aliphatic carbocycles. The highest BCUT2D eigenvalue weighted by Gasteiger charge is 2.09. The molecule has 0 aromatic heterocycles. The van der Waals surface area contributed by atoms with Crippen LogP contribution in [0.4, 0.5) is 10.1 Å². The van der Waals surface area contributed by atoms with Crippen LogP contribution in [0.1, 0.15) is 18.9 Å². The Morgan fingerprint density at radius 3 is 2.45 bits per heavy atom. The third-order valence-corrected chi connectivity index (χ3v) is 3.86. The molecule has 0 saturated carbocycles. The normalized spacial score (nSPS) is 11.7. The summed E-state index contributed by atoms with van der Waals surface area (Å²) in [6, 6.07) is 16.9. The van der Waals surface area contributed by atoms with E-state index in [0.717, 1.165) is 19.4 Å². The van der Waals surface area contributed by atoms with Gasteiger partial charge in [0, 0.05) is 6.54 Å². The van der Waals surface area contributed by atoms with Crippen LogP contribution in [-0.4, -0.2) is 11.7 Å². The van der Waals surface area contributed by atoms with Crippen LogP contribution in [-0.2, 0) is 6.42 Å². The first-order valence-corrected chi connectivity index (χ1v) is 7.93. The van der Waals surface area contributed by atoms with Gasteiger partial charge in [0.25, 0.3) is 0 Å². The van der Waals surface area contributed by atoms with E-state index < -0.39 is 0 Å². The summed E-state index contributed by atoms with van der Waals surface area (Å²) in [4.78, 5) is 0. The predicted molar refractivity (Wildman–Crippen MR) is 94.6 cm³/mol. The summed E-state index contributed by atoms with van der Waals surface area (Å²) in [5.41, 5.74) is 1.72. The first-order chi connectivity index (χ1) is 10.7. The van der Waals surface area contributed by atoms with E-state index in [1.54, 1.807) is 18.2 Å². The summed E-state index contributed by atoms with van der Waals surface area (Å²) in [5.74, 6) is 0.186. The Morgan fingerprint density at radius 2 is 1.77 bits per heavy atom. The van der Waals surface area contributed by atoms with E-state index >= 15 is 0 Å². The smallest absolute Gasteiger partial charge is 0.170 e. The summed E-state index contributed by atoms with van der Waals surface area (Å²) in [6.45, 7) is 2.94. The second-order valence-corrected chi connectivity index (χ2v) is 5.69. The minimum Gasteiger partial charge on any atom is -0.362 e. The van der Waals surface area contributed by atoms with Crippen molar-refractivity contribution in [2.45, 2.75) is 19.8 Å². The maximum Gasteiger partial charge on any atom is 0.170 e. The van der Waals surface area contributed by atoms with Gasteiger partial charge in [-0.15, -0.1) is 0 Å². The van der Waals surface area contributed by atoms with E-state index in [9.17, 15) is 4.39 Å². The number of benzene rings is 2. The minimum atomic E-state index is -0.303. The summed E-state index contributed by atoms with van der Waals surface area (Å²) < 4.78 is 13.6. The Morgan fingerprint density at radius 1 is 1.09 bits per heavy atom. The molecule has 0 saturated heterocycles. The van der Waals surface area contributed by atoms with Crippen LogP contribution in [0.5, 0.6) is 0 Å². The maximum atomic E-state index is 13.6. The molecule has 0 aliphatic rings. The fourth-order valence-corrected chi connectivity index (χ4v) is 2.47. The molecule has 2 N–H and O–H groups in total. The fraction of sp³-hybridized carbons (Fsp3) is 0.278. The third kappa shape index (κ3) is 5.11. The van der Waals surface area contributed by atoms with E-state index in [2.05, 4.69) is 41.8 Å². The van der Waals surface area contributed by atoms with Crippen LogP contribution in [0.25, 0.3) is 0 Å². The first kappa shape index (κ1) is 16.4. The molecule has 0 unspecified atom stereocenters. The number of anilines is 1. The largest absolute Gasteiger partial charge is 0.362 e. The molecule has 2 aromatic rings. The molecular formula is C18H21FN2S. The number of rotatable bonds is 6. The SMILES string of the molecule is CC[C@H](CNC(=S)Nc1ccccc1F)Cc1ccccc1. The molecule has 0 amide bonds. The molecular weight excluding hydrogens is 295 g/mol. The van der Waals surface area contributed by atoms with Crippen LogP contribution in [0, 0.1) is 11.7 Å². The van der Waals surface area contributed by atoms with Crippen LogP contribution in [0.3, 0.4) is 0 Å². The van der Waals surface area contributed by atoms with E-state index in [0.29, 0.717) is 16.7 Å². The van der Waals surface area contributed by atoms with Crippen molar-refractivity contribution in [3.05, 3.63) is 66.0 Å². The second kappa shape index (κ2) is 8.49. The quantitative estimate of drug-likeness (QED) is 0.773.